The molecule has 5 nitrogen and oxygen atoms in total. The van der Waals surface area contributed by atoms with Gasteiger partial charge in [-0.05, 0) is 67.4 Å². The molecule has 162 valence electrons. The fourth-order valence-corrected chi connectivity index (χ4v) is 4.48. The number of likely N-dealkylation sites (tertiary alicyclic amines) is 1. The van der Waals surface area contributed by atoms with E-state index in [1.54, 1.807) is 36.0 Å². The molecule has 1 aliphatic heterocycles. The number of aryl methyl sites for hydroxylation is 2. The van der Waals surface area contributed by atoms with Crippen LogP contribution in [0.5, 0.6) is 0 Å². The SMILES string of the molecule is Cc1ccc(Sc2ccc(NC(=O)c3ccc(CN4C(=O)CCC4=O)cc3)cc2)c(C)c1. The first kappa shape index (κ1) is 21.8. The second-order valence-corrected chi connectivity index (χ2v) is 9.04. The van der Waals surface area contributed by atoms with Gasteiger partial charge in [-0.1, -0.05) is 41.6 Å². The first-order valence-electron chi connectivity index (χ1n) is 10.5. The Bertz CT molecular complexity index is 1150. The third-order valence-corrected chi connectivity index (χ3v) is 6.57. The summed E-state index contributed by atoms with van der Waals surface area (Å²) in [6.45, 7) is 4.44. The van der Waals surface area contributed by atoms with Crippen LogP contribution in [0.15, 0.2) is 76.5 Å². The summed E-state index contributed by atoms with van der Waals surface area (Å²) >= 11 is 1.70. The molecule has 0 atom stereocenters. The lowest BCUT2D eigenvalue weighted by Gasteiger charge is -2.14. The van der Waals surface area contributed by atoms with Crippen molar-refractivity contribution in [3.63, 3.8) is 0 Å². The van der Waals surface area contributed by atoms with Gasteiger partial charge < -0.3 is 5.32 Å². The average molecular weight is 445 g/mol. The minimum atomic E-state index is -0.209. The molecular formula is C26H24N2O3S. The zero-order valence-corrected chi connectivity index (χ0v) is 18.9. The summed E-state index contributed by atoms with van der Waals surface area (Å²) in [5.41, 5.74) is 4.54. The topological polar surface area (TPSA) is 66.5 Å². The average Bonchev–Trinajstić information content (AvgIpc) is 3.09. The second-order valence-electron chi connectivity index (χ2n) is 7.92. The summed E-state index contributed by atoms with van der Waals surface area (Å²) in [6.07, 6.45) is 0.558. The highest BCUT2D eigenvalue weighted by Gasteiger charge is 2.28. The van der Waals surface area contributed by atoms with Gasteiger partial charge >= 0.3 is 0 Å². The Balaban J connectivity index is 1.36. The van der Waals surface area contributed by atoms with Crippen LogP contribution in [0.2, 0.25) is 0 Å². The zero-order chi connectivity index (χ0) is 22.7. The number of hydrogen-bond acceptors (Lipinski definition) is 4. The minimum absolute atomic E-state index is 0.143. The van der Waals surface area contributed by atoms with Crippen LogP contribution in [-0.2, 0) is 16.1 Å². The van der Waals surface area contributed by atoms with Gasteiger partial charge in [-0.15, -0.1) is 0 Å². The highest BCUT2D eigenvalue weighted by molar-refractivity contribution is 7.99. The smallest absolute Gasteiger partial charge is 0.255 e. The van der Waals surface area contributed by atoms with Gasteiger partial charge in [0.25, 0.3) is 5.91 Å². The molecule has 1 saturated heterocycles. The molecule has 3 amide bonds. The summed E-state index contributed by atoms with van der Waals surface area (Å²) in [7, 11) is 0. The molecule has 3 aromatic rings. The number of benzene rings is 3. The monoisotopic (exact) mass is 444 g/mol. The number of carbonyl (C=O) groups is 3. The molecule has 0 saturated carbocycles. The molecule has 4 rings (SSSR count). The third-order valence-electron chi connectivity index (χ3n) is 5.38. The molecule has 0 aliphatic carbocycles. The lowest BCUT2D eigenvalue weighted by Crippen LogP contribution is -2.28. The molecule has 0 bridgehead atoms. The first-order valence-corrected chi connectivity index (χ1v) is 11.3. The number of imide groups is 1. The molecule has 0 radical (unpaired) electrons. The molecule has 32 heavy (non-hydrogen) atoms. The van der Waals surface area contributed by atoms with E-state index in [1.165, 1.54) is 20.9 Å². The summed E-state index contributed by atoms with van der Waals surface area (Å²) in [5.74, 6) is -0.494. The van der Waals surface area contributed by atoms with Crippen molar-refractivity contribution in [1.29, 1.82) is 0 Å². The normalized spacial score (nSPS) is 13.5. The van der Waals surface area contributed by atoms with Crippen molar-refractivity contribution in [3.05, 3.63) is 89.0 Å². The molecule has 3 aromatic carbocycles. The molecule has 0 aromatic heterocycles. The van der Waals surface area contributed by atoms with Crippen LogP contribution < -0.4 is 5.32 Å². The van der Waals surface area contributed by atoms with E-state index >= 15 is 0 Å². The number of carbonyl (C=O) groups excluding carboxylic acids is 3. The van der Waals surface area contributed by atoms with E-state index in [0.29, 0.717) is 5.56 Å². The highest BCUT2D eigenvalue weighted by Crippen LogP contribution is 2.31. The Labute approximate surface area is 191 Å². The van der Waals surface area contributed by atoms with Gasteiger partial charge in [0.15, 0.2) is 0 Å². The van der Waals surface area contributed by atoms with Gasteiger partial charge in [-0.3, -0.25) is 19.3 Å². The number of anilines is 1. The third kappa shape index (κ3) is 5.08. The number of nitrogens with zero attached hydrogens (tertiary/aromatic N) is 1. The molecule has 6 heteroatoms. The Hall–Kier alpha value is -3.38. The maximum Gasteiger partial charge on any atom is 0.255 e. The minimum Gasteiger partial charge on any atom is -0.322 e. The van der Waals surface area contributed by atoms with Gasteiger partial charge in [0.1, 0.15) is 0 Å². The Morgan fingerprint density at radius 1 is 0.906 bits per heavy atom. The van der Waals surface area contributed by atoms with E-state index in [4.69, 9.17) is 0 Å². The van der Waals surface area contributed by atoms with Crippen molar-refractivity contribution in [2.45, 2.75) is 43.0 Å². The van der Waals surface area contributed by atoms with Crippen LogP contribution in [0.3, 0.4) is 0 Å². The van der Waals surface area contributed by atoms with Crippen LogP contribution in [0.1, 0.15) is 39.9 Å². The van der Waals surface area contributed by atoms with Crippen LogP contribution in [0, 0.1) is 13.8 Å². The van der Waals surface area contributed by atoms with Crippen molar-refractivity contribution >= 4 is 35.2 Å². The Morgan fingerprint density at radius 2 is 1.56 bits per heavy atom. The van der Waals surface area contributed by atoms with Gasteiger partial charge in [-0.25, -0.2) is 0 Å². The van der Waals surface area contributed by atoms with E-state index in [1.807, 2.05) is 24.3 Å². The molecule has 1 heterocycles. The van der Waals surface area contributed by atoms with Crippen molar-refractivity contribution < 1.29 is 14.4 Å². The molecule has 1 fully saturated rings. The number of rotatable bonds is 6. The summed E-state index contributed by atoms with van der Waals surface area (Å²) in [6, 6.07) is 21.1. The Morgan fingerprint density at radius 3 is 2.19 bits per heavy atom. The number of hydrogen-bond donors (Lipinski definition) is 1. The molecule has 1 N–H and O–H groups in total. The van der Waals surface area contributed by atoms with Gasteiger partial charge in [0.2, 0.25) is 11.8 Å². The van der Waals surface area contributed by atoms with Crippen molar-refractivity contribution in [2.24, 2.45) is 0 Å². The predicted octanol–water partition coefficient (Wildman–Crippen LogP) is 5.36. The maximum atomic E-state index is 12.6. The maximum absolute atomic E-state index is 12.6. The number of amides is 3. The van der Waals surface area contributed by atoms with Gasteiger partial charge in [0, 0.05) is 33.9 Å². The predicted molar refractivity (Wildman–Crippen MR) is 126 cm³/mol. The second kappa shape index (κ2) is 9.40. The fourth-order valence-electron chi connectivity index (χ4n) is 3.59. The molecule has 1 aliphatic rings. The van der Waals surface area contributed by atoms with Crippen LogP contribution in [-0.4, -0.2) is 22.6 Å². The summed E-state index contributed by atoms with van der Waals surface area (Å²) < 4.78 is 0. The van der Waals surface area contributed by atoms with E-state index in [-0.39, 0.29) is 37.1 Å². The lowest BCUT2D eigenvalue weighted by molar-refractivity contribution is -0.139. The van der Waals surface area contributed by atoms with Crippen LogP contribution in [0.4, 0.5) is 5.69 Å². The molecular weight excluding hydrogens is 420 g/mol. The van der Waals surface area contributed by atoms with Crippen LogP contribution >= 0.6 is 11.8 Å². The lowest BCUT2D eigenvalue weighted by atomic mass is 10.1. The van der Waals surface area contributed by atoms with E-state index in [2.05, 4.69) is 37.4 Å². The van der Waals surface area contributed by atoms with E-state index < -0.39 is 0 Å². The fraction of sp³-hybridized carbons (Fsp3) is 0.192. The van der Waals surface area contributed by atoms with E-state index in [9.17, 15) is 14.4 Å². The molecule has 0 unspecified atom stereocenters. The van der Waals surface area contributed by atoms with Crippen molar-refractivity contribution in [1.82, 2.24) is 4.90 Å². The van der Waals surface area contributed by atoms with Crippen molar-refractivity contribution in [3.8, 4) is 0 Å². The summed E-state index contributed by atoms with van der Waals surface area (Å²) in [4.78, 5) is 39.7. The number of nitrogens with one attached hydrogen (secondary N) is 1. The van der Waals surface area contributed by atoms with Crippen LogP contribution in [0.25, 0.3) is 0 Å². The zero-order valence-electron chi connectivity index (χ0n) is 18.1. The summed E-state index contributed by atoms with van der Waals surface area (Å²) in [5, 5.41) is 2.91. The van der Waals surface area contributed by atoms with E-state index in [0.717, 1.165) is 16.1 Å². The highest BCUT2D eigenvalue weighted by atomic mass is 32.2. The largest absolute Gasteiger partial charge is 0.322 e. The first-order chi connectivity index (χ1) is 15.4. The standard InChI is InChI=1S/C26H24N2O3S/c1-17-3-12-23(18(2)15-17)32-22-10-8-21(9-11-22)27-26(31)20-6-4-19(5-7-20)16-28-24(29)13-14-25(28)30/h3-12,15H,13-14,16H2,1-2H3,(H,27,31). The van der Waals surface area contributed by atoms with Gasteiger partial charge in [-0.2, -0.15) is 0 Å². The van der Waals surface area contributed by atoms with Crippen molar-refractivity contribution in [2.75, 3.05) is 5.32 Å². The Kier molecular flexibility index (Phi) is 6.42. The quantitative estimate of drug-likeness (QED) is 0.520. The molecule has 0 spiro atoms. The van der Waals surface area contributed by atoms with Gasteiger partial charge in [0.05, 0.1) is 6.54 Å².